The minimum atomic E-state index is 0.0626. The van der Waals surface area contributed by atoms with Crippen molar-refractivity contribution in [1.82, 2.24) is 29.8 Å². The second-order valence-electron chi connectivity index (χ2n) is 8.84. The standard InChI is InChI=1S/C22H32N6O/c29-22-15-17-5-1-3-7-19(17)25-28(22)14-13-26-9-11-27(12-10-26)16-21-18-6-2-4-8-20(18)23-24-21/h15H,1-14,16H2,(H,23,24). The summed E-state index contributed by atoms with van der Waals surface area (Å²) < 4.78 is 1.69. The molecule has 0 atom stereocenters. The van der Waals surface area contributed by atoms with Crippen molar-refractivity contribution in [2.24, 2.45) is 0 Å². The first-order chi connectivity index (χ1) is 14.3. The topological polar surface area (TPSA) is 70.1 Å². The van der Waals surface area contributed by atoms with Crippen LogP contribution in [0.2, 0.25) is 0 Å². The zero-order valence-electron chi connectivity index (χ0n) is 17.3. The highest BCUT2D eigenvalue weighted by Crippen LogP contribution is 2.23. The second kappa shape index (κ2) is 8.40. The van der Waals surface area contributed by atoms with Crippen molar-refractivity contribution in [2.75, 3.05) is 32.7 Å². The molecule has 0 saturated carbocycles. The summed E-state index contributed by atoms with van der Waals surface area (Å²) in [5.74, 6) is 0. The number of nitrogens with one attached hydrogen (secondary N) is 1. The van der Waals surface area contributed by atoms with Gasteiger partial charge >= 0.3 is 0 Å². The average molecular weight is 397 g/mol. The Morgan fingerprint density at radius 3 is 2.55 bits per heavy atom. The highest BCUT2D eigenvalue weighted by Gasteiger charge is 2.22. The quantitative estimate of drug-likeness (QED) is 0.830. The molecular weight excluding hydrogens is 364 g/mol. The van der Waals surface area contributed by atoms with Crippen LogP contribution >= 0.6 is 0 Å². The fourth-order valence-electron chi connectivity index (χ4n) is 5.06. The van der Waals surface area contributed by atoms with Crippen LogP contribution in [0.5, 0.6) is 0 Å². The van der Waals surface area contributed by atoms with E-state index < -0.39 is 0 Å². The van der Waals surface area contributed by atoms with E-state index in [9.17, 15) is 4.79 Å². The highest BCUT2D eigenvalue weighted by molar-refractivity contribution is 5.27. The molecule has 7 heteroatoms. The van der Waals surface area contributed by atoms with Gasteiger partial charge in [0, 0.05) is 51.0 Å². The van der Waals surface area contributed by atoms with E-state index in [1.165, 1.54) is 54.6 Å². The third-order valence-electron chi connectivity index (χ3n) is 6.88. The van der Waals surface area contributed by atoms with Crippen molar-refractivity contribution < 1.29 is 0 Å². The molecule has 2 aromatic heterocycles. The Balaban J connectivity index is 1.13. The molecular formula is C22H32N6O. The Morgan fingerprint density at radius 2 is 1.66 bits per heavy atom. The first kappa shape index (κ1) is 19.0. The van der Waals surface area contributed by atoms with Crippen LogP contribution in [0, 0.1) is 0 Å². The van der Waals surface area contributed by atoms with E-state index in [1.54, 1.807) is 4.68 Å². The van der Waals surface area contributed by atoms with E-state index in [4.69, 9.17) is 0 Å². The van der Waals surface area contributed by atoms with Crippen LogP contribution in [0.4, 0.5) is 0 Å². The van der Waals surface area contributed by atoms with Gasteiger partial charge < -0.3 is 0 Å². The Morgan fingerprint density at radius 1 is 0.897 bits per heavy atom. The van der Waals surface area contributed by atoms with Crippen molar-refractivity contribution in [2.45, 2.75) is 64.5 Å². The molecule has 156 valence electrons. The van der Waals surface area contributed by atoms with Crippen LogP contribution in [0.3, 0.4) is 0 Å². The predicted molar refractivity (Wildman–Crippen MR) is 112 cm³/mol. The summed E-state index contributed by atoms with van der Waals surface area (Å²) in [7, 11) is 0. The number of piperazine rings is 1. The summed E-state index contributed by atoms with van der Waals surface area (Å²) in [4.78, 5) is 17.4. The zero-order chi connectivity index (χ0) is 19.6. The first-order valence-corrected chi connectivity index (χ1v) is 11.4. The monoisotopic (exact) mass is 396 g/mol. The molecule has 2 aromatic rings. The molecule has 5 rings (SSSR count). The Kier molecular flexibility index (Phi) is 5.50. The van der Waals surface area contributed by atoms with Gasteiger partial charge in [0.25, 0.3) is 5.56 Å². The number of nitrogens with zero attached hydrogens (tertiary/aromatic N) is 5. The summed E-state index contributed by atoms with van der Waals surface area (Å²) >= 11 is 0. The Hall–Kier alpha value is -1.99. The van der Waals surface area contributed by atoms with Crippen LogP contribution in [-0.2, 0) is 38.8 Å². The molecule has 0 bridgehead atoms. The molecule has 1 aliphatic heterocycles. The summed E-state index contributed by atoms with van der Waals surface area (Å²) in [6.45, 7) is 6.78. The van der Waals surface area contributed by atoms with Crippen LogP contribution in [-0.4, -0.2) is 62.5 Å². The summed E-state index contributed by atoms with van der Waals surface area (Å²) in [6.07, 6.45) is 9.34. The lowest BCUT2D eigenvalue weighted by molar-refractivity contribution is 0.121. The number of aryl methyl sites for hydroxylation is 3. The molecule has 1 saturated heterocycles. The number of aromatic nitrogens is 4. The number of H-pyrrole nitrogens is 1. The fourth-order valence-corrected chi connectivity index (χ4v) is 5.06. The van der Waals surface area contributed by atoms with Gasteiger partial charge in [0.15, 0.2) is 0 Å². The van der Waals surface area contributed by atoms with Gasteiger partial charge in [-0.3, -0.25) is 19.7 Å². The summed E-state index contributed by atoms with van der Waals surface area (Å²) in [6, 6.07) is 1.82. The lowest BCUT2D eigenvalue weighted by Crippen LogP contribution is -2.47. The van der Waals surface area contributed by atoms with Gasteiger partial charge in [0.2, 0.25) is 0 Å². The van der Waals surface area contributed by atoms with E-state index in [0.717, 1.165) is 64.2 Å². The molecule has 1 N–H and O–H groups in total. The molecule has 0 aromatic carbocycles. The smallest absolute Gasteiger partial charge is 0.267 e. The molecule has 0 unspecified atom stereocenters. The molecule has 0 spiro atoms. The molecule has 3 aliphatic rings. The lowest BCUT2D eigenvalue weighted by atomic mass is 9.96. The Labute approximate surface area is 172 Å². The van der Waals surface area contributed by atoms with E-state index >= 15 is 0 Å². The number of fused-ring (bicyclic) bond motifs is 2. The maximum atomic E-state index is 12.4. The van der Waals surface area contributed by atoms with E-state index in [-0.39, 0.29) is 5.56 Å². The molecule has 2 aliphatic carbocycles. The summed E-state index contributed by atoms with van der Waals surface area (Å²) in [5, 5.41) is 12.5. The van der Waals surface area contributed by atoms with Crippen molar-refractivity contribution in [3.05, 3.63) is 44.6 Å². The summed E-state index contributed by atoms with van der Waals surface area (Å²) in [5.41, 5.74) is 6.49. The Bertz CT molecular complexity index is 909. The van der Waals surface area contributed by atoms with Gasteiger partial charge in [-0.15, -0.1) is 0 Å². The van der Waals surface area contributed by atoms with E-state index in [2.05, 4.69) is 25.1 Å². The van der Waals surface area contributed by atoms with Crippen molar-refractivity contribution >= 4 is 0 Å². The molecule has 3 heterocycles. The average Bonchev–Trinajstić information content (AvgIpc) is 3.16. The molecule has 7 nitrogen and oxygen atoms in total. The number of hydrogen-bond acceptors (Lipinski definition) is 5. The maximum Gasteiger partial charge on any atom is 0.267 e. The normalized spacial score (nSPS) is 20.4. The van der Waals surface area contributed by atoms with Crippen LogP contribution in [0.25, 0.3) is 0 Å². The molecule has 0 amide bonds. The minimum Gasteiger partial charge on any atom is -0.299 e. The van der Waals surface area contributed by atoms with E-state index in [1.807, 2.05) is 6.07 Å². The second-order valence-corrected chi connectivity index (χ2v) is 8.84. The SMILES string of the molecule is O=c1cc2c(nn1CCN1CCN(Cc3n[nH]c4c3CCCC4)CC1)CCCC2. The van der Waals surface area contributed by atoms with Crippen LogP contribution < -0.4 is 5.56 Å². The van der Waals surface area contributed by atoms with Gasteiger partial charge in [0.1, 0.15) is 0 Å². The third kappa shape index (κ3) is 4.16. The molecule has 0 radical (unpaired) electrons. The third-order valence-corrected chi connectivity index (χ3v) is 6.88. The first-order valence-electron chi connectivity index (χ1n) is 11.4. The number of aromatic amines is 1. The van der Waals surface area contributed by atoms with Gasteiger partial charge in [-0.2, -0.15) is 10.2 Å². The number of hydrogen-bond donors (Lipinski definition) is 1. The van der Waals surface area contributed by atoms with Crippen molar-refractivity contribution in [1.29, 1.82) is 0 Å². The largest absolute Gasteiger partial charge is 0.299 e. The molecule has 29 heavy (non-hydrogen) atoms. The van der Waals surface area contributed by atoms with Crippen LogP contribution in [0.15, 0.2) is 10.9 Å². The molecule has 1 fully saturated rings. The highest BCUT2D eigenvalue weighted by atomic mass is 16.1. The zero-order valence-corrected chi connectivity index (χ0v) is 17.3. The van der Waals surface area contributed by atoms with E-state index in [0.29, 0.717) is 6.54 Å². The lowest BCUT2D eigenvalue weighted by Gasteiger charge is -2.34. The fraction of sp³-hybridized carbons (Fsp3) is 0.682. The predicted octanol–water partition coefficient (Wildman–Crippen LogP) is 1.54. The van der Waals surface area contributed by atoms with Gasteiger partial charge in [-0.1, -0.05) is 0 Å². The van der Waals surface area contributed by atoms with Crippen LogP contribution in [0.1, 0.15) is 53.9 Å². The minimum absolute atomic E-state index is 0.0626. The van der Waals surface area contributed by atoms with Gasteiger partial charge in [0.05, 0.1) is 17.9 Å². The van der Waals surface area contributed by atoms with Gasteiger partial charge in [-0.05, 0) is 62.5 Å². The maximum absolute atomic E-state index is 12.4. The number of rotatable bonds is 5. The van der Waals surface area contributed by atoms with Gasteiger partial charge in [-0.25, -0.2) is 4.68 Å². The van der Waals surface area contributed by atoms with Crippen molar-refractivity contribution in [3.8, 4) is 0 Å². The van der Waals surface area contributed by atoms with Crippen molar-refractivity contribution in [3.63, 3.8) is 0 Å².